The highest BCUT2D eigenvalue weighted by Crippen LogP contribution is 2.37. The van der Waals surface area contributed by atoms with Crippen molar-refractivity contribution in [2.24, 2.45) is 15.9 Å². The molecule has 24 heavy (non-hydrogen) atoms. The van der Waals surface area contributed by atoms with Crippen molar-refractivity contribution in [3.05, 3.63) is 53.6 Å². The summed E-state index contributed by atoms with van der Waals surface area (Å²) in [6.07, 6.45) is 1.58. The minimum absolute atomic E-state index is 0.209. The lowest BCUT2D eigenvalue weighted by Crippen LogP contribution is -2.06. The fraction of sp³-hybridized carbons (Fsp3) is 0.176. The quantitative estimate of drug-likeness (QED) is 0.513. The molecule has 0 fully saturated rings. The Labute approximate surface area is 144 Å². The third-order valence-corrected chi connectivity index (χ3v) is 4.16. The van der Waals surface area contributed by atoms with Gasteiger partial charge in [0.05, 0.1) is 13.3 Å². The highest BCUT2D eigenvalue weighted by atomic mass is 32.2. The minimum atomic E-state index is 0.209. The Morgan fingerprint density at radius 2 is 2.00 bits per heavy atom. The zero-order chi connectivity index (χ0) is 16.8. The second-order valence-corrected chi connectivity index (χ2v) is 5.90. The van der Waals surface area contributed by atoms with Crippen LogP contribution in [0.4, 0.5) is 0 Å². The number of hydrogen-bond donors (Lipinski definition) is 1. The van der Waals surface area contributed by atoms with E-state index in [1.807, 2.05) is 30.3 Å². The molecule has 1 aliphatic heterocycles. The SMILES string of the molecule is COc1cc2c(cc1C=NN=C(N)SCc1ccccc1)OCO2. The first-order valence-electron chi connectivity index (χ1n) is 7.27. The predicted octanol–water partition coefficient (Wildman–Crippen LogP) is 3.01. The van der Waals surface area contributed by atoms with Crippen LogP contribution in [0.5, 0.6) is 17.2 Å². The van der Waals surface area contributed by atoms with Gasteiger partial charge in [0.1, 0.15) is 5.75 Å². The van der Waals surface area contributed by atoms with Crippen LogP contribution in [-0.2, 0) is 5.75 Å². The van der Waals surface area contributed by atoms with E-state index < -0.39 is 0 Å². The molecule has 2 N–H and O–H groups in total. The molecule has 3 rings (SSSR count). The Morgan fingerprint density at radius 3 is 2.75 bits per heavy atom. The van der Waals surface area contributed by atoms with E-state index in [1.165, 1.54) is 17.3 Å². The van der Waals surface area contributed by atoms with Crippen molar-refractivity contribution >= 4 is 23.1 Å². The van der Waals surface area contributed by atoms with Gasteiger partial charge >= 0.3 is 0 Å². The molecule has 0 saturated carbocycles. The Bertz CT molecular complexity index is 763. The van der Waals surface area contributed by atoms with Crippen LogP contribution in [0.1, 0.15) is 11.1 Å². The van der Waals surface area contributed by atoms with Gasteiger partial charge in [0.15, 0.2) is 16.7 Å². The average molecular weight is 343 g/mol. The van der Waals surface area contributed by atoms with Gasteiger partial charge in [0, 0.05) is 17.4 Å². The maximum Gasteiger partial charge on any atom is 0.231 e. The zero-order valence-corrected chi connectivity index (χ0v) is 14.0. The molecule has 0 unspecified atom stereocenters. The van der Waals surface area contributed by atoms with E-state index in [-0.39, 0.29) is 6.79 Å². The topological polar surface area (TPSA) is 78.4 Å². The Kier molecular flexibility index (Phi) is 5.22. The first kappa shape index (κ1) is 16.2. The smallest absolute Gasteiger partial charge is 0.231 e. The number of nitrogens with two attached hydrogens (primary N) is 1. The van der Waals surface area contributed by atoms with E-state index >= 15 is 0 Å². The molecular weight excluding hydrogens is 326 g/mol. The molecule has 2 aromatic carbocycles. The van der Waals surface area contributed by atoms with Gasteiger partial charge in [0.25, 0.3) is 0 Å². The molecule has 0 spiro atoms. The summed E-state index contributed by atoms with van der Waals surface area (Å²) in [7, 11) is 1.59. The summed E-state index contributed by atoms with van der Waals surface area (Å²) < 4.78 is 16.0. The van der Waals surface area contributed by atoms with Crippen molar-refractivity contribution < 1.29 is 14.2 Å². The van der Waals surface area contributed by atoms with Crippen LogP contribution >= 0.6 is 11.8 Å². The molecule has 0 aromatic heterocycles. The Morgan fingerprint density at radius 1 is 1.25 bits per heavy atom. The molecule has 0 bridgehead atoms. The van der Waals surface area contributed by atoms with E-state index in [0.29, 0.717) is 22.4 Å². The highest BCUT2D eigenvalue weighted by Gasteiger charge is 2.16. The number of ether oxygens (including phenoxy) is 3. The van der Waals surface area contributed by atoms with E-state index in [2.05, 4.69) is 10.2 Å². The fourth-order valence-electron chi connectivity index (χ4n) is 2.13. The van der Waals surface area contributed by atoms with Gasteiger partial charge in [0.2, 0.25) is 6.79 Å². The third kappa shape index (κ3) is 3.99. The summed E-state index contributed by atoms with van der Waals surface area (Å²) >= 11 is 1.43. The van der Waals surface area contributed by atoms with Crippen LogP contribution in [0.2, 0.25) is 0 Å². The molecule has 1 aliphatic rings. The number of benzene rings is 2. The van der Waals surface area contributed by atoms with Gasteiger partial charge < -0.3 is 19.9 Å². The van der Waals surface area contributed by atoms with Gasteiger partial charge in [-0.3, -0.25) is 0 Å². The number of fused-ring (bicyclic) bond motifs is 1. The van der Waals surface area contributed by atoms with Gasteiger partial charge in [-0.05, 0) is 11.6 Å². The number of nitrogens with zero attached hydrogens (tertiary/aromatic N) is 2. The third-order valence-electron chi connectivity index (χ3n) is 3.31. The summed E-state index contributed by atoms with van der Waals surface area (Å²) in [5, 5.41) is 8.43. The molecule has 2 aromatic rings. The van der Waals surface area contributed by atoms with E-state index in [0.717, 1.165) is 11.3 Å². The van der Waals surface area contributed by atoms with Crippen molar-refractivity contribution in [3.63, 3.8) is 0 Å². The first-order valence-corrected chi connectivity index (χ1v) is 8.25. The van der Waals surface area contributed by atoms with Crippen molar-refractivity contribution in [3.8, 4) is 17.2 Å². The molecule has 0 saturated heterocycles. The highest BCUT2D eigenvalue weighted by molar-refractivity contribution is 8.13. The second kappa shape index (κ2) is 7.74. The lowest BCUT2D eigenvalue weighted by atomic mass is 10.2. The number of rotatable bonds is 5. The van der Waals surface area contributed by atoms with Crippen LogP contribution in [0.3, 0.4) is 0 Å². The van der Waals surface area contributed by atoms with Crippen LogP contribution < -0.4 is 19.9 Å². The maximum absolute atomic E-state index is 5.87. The van der Waals surface area contributed by atoms with E-state index in [9.17, 15) is 0 Å². The van der Waals surface area contributed by atoms with Crippen LogP contribution in [0, 0.1) is 0 Å². The molecule has 0 amide bonds. The fourth-order valence-corrected chi connectivity index (χ4v) is 2.74. The summed E-state index contributed by atoms with van der Waals surface area (Å²) in [6.45, 7) is 0.209. The maximum atomic E-state index is 5.87. The molecule has 0 radical (unpaired) electrons. The zero-order valence-electron chi connectivity index (χ0n) is 13.1. The van der Waals surface area contributed by atoms with Crippen molar-refractivity contribution in [2.45, 2.75) is 5.75 Å². The van der Waals surface area contributed by atoms with Crippen LogP contribution in [0.25, 0.3) is 0 Å². The Hall–Kier alpha value is -2.67. The molecule has 0 atom stereocenters. The minimum Gasteiger partial charge on any atom is -0.496 e. The normalized spacial score (nSPS) is 13.5. The molecule has 124 valence electrons. The van der Waals surface area contributed by atoms with Gasteiger partial charge in [-0.15, -0.1) is 5.10 Å². The first-order chi connectivity index (χ1) is 11.8. The van der Waals surface area contributed by atoms with Gasteiger partial charge in [-0.25, -0.2) is 0 Å². The molecule has 0 aliphatic carbocycles. The number of methoxy groups -OCH3 is 1. The summed E-state index contributed by atoms with van der Waals surface area (Å²) in [6, 6.07) is 13.6. The molecule has 6 nitrogen and oxygen atoms in total. The summed E-state index contributed by atoms with van der Waals surface area (Å²) in [5.41, 5.74) is 7.79. The molecule has 1 heterocycles. The molecule has 7 heteroatoms. The molecular formula is C17H17N3O3S. The van der Waals surface area contributed by atoms with Crippen LogP contribution in [-0.4, -0.2) is 25.3 Å². The summed E-state index contributed by atoms with van der Waals surface area (Å²) in [5.74, 6) is 2.70. The van der Waals surface area contributed by atoms with E-state index in [4.69, 9.17) is 19.9 Å². The van der Waals surface area contributed by atoms with Gasteiger partial charge in [-0.1, -0.05) is 42.1 Å². The average Bonchev–Trinajstić information content (AvgIpc) is 3.07. The van der Waals surface area contributed by atoms with Crippen LogP contribution in [0.15, 0.2) is 52.7 Å². The summed E-state index contributed by atoms with van der Waals surface area (Å²) in [4.78, 5) is 0. The predicted molar refractivity (Wildman–Crippen MR) is 96.1 cm³/mol. The number of amidine groups is 1. The Balaban J connectivity index is 1.65. The van der Waals surface area contributed by atoms with Crippen molar-refractivity contribution in [1.82, 2.24) is 0 Å². The van der Waals surface area contributed by atoms with Crippen molar-refractivity contribution in [2.75, 3.05) is 13.9 Å². The standard InChI is InChI=1S/C17H17N3O3S/c1-21-14-8-16-15(22-11-23-16)7-13(14)9-19-20-17(18)24-10-12-5-3-2-4-6-12/h2-9H,10-11H2,1H3,(H2,18,20). The largest absolute Gasteiger partial charge is 0.496 e. The lowest BCUT2D eigenvalue weighted by molar-refractivity contribution is 0.174. The van der Waals surface area contributed by atoms with E-state index in [1.54, 1.807) is 25.5 Å². The second-order valence-electron chi connectivity index (χ2n) is 4.90. The number of hydrogen-bond acceptors (Lipinski definition) is 6. The van der Waals surface area contributed by atoms with Gasteiger partial charge in [-0.2, -0.15) is 5.10 Å². The number of thioether (sulfide) groups is 1. The monoisotopic (exact) mass is 343 g/mol. The lowest BCUT2D eigenvalue weighted by Gasteiger charge is -2.05. The van der Waals surface area contributed by atoms with Crippen molar-refractivity contribution in [1.29, 1.82) is 0 Å².